The fourth-order valence-corrected chi connectivity index (χ4v) is 3.27. The van der Waals surface area contributed by atoms with Gasteiger partial charge in [0.05, 0.1) is 10.5 Å². The normalized spacial score (nSPS) is 23.7. The highest BCUT2D eigenvalue weighted by Crippen LogP contribution is 2.32. The fourth-order valence-electron chi connectivity index (χ4n) is 2.67. The molecule has 2 unspecified atom stereocenters. The van der Waals surface area contributed by atoms with Gasteiger partial charge in [0.25, 0.3) is 0 Å². The third-order valence-electron chi connectivity index (χ3n) is 3.94. The molecule has 0 radical (unpaired) electrons. The van der Waals surface area contributed by atoms with Gasteiger partial charge in [-0.15, -0.1) is 0 Å². The maximum atomic E-state index is 5.97. The number of halogens is 2. The second kappa shape index (κ2) is 6.72. The predicted octanol–water partition coefficient (Wildman–Crippen LogP) is 2.83. The molecule has 0 amide bonds. The predicted molar refractivity (Wildman–Crippen MR) is 84.2 cm³/mol. The van der Waals surface area contributed by atoms with Crippen LogP contribution in [0.4, 0.5) is 0 Å². The lowest BCUT2D eigenvalue weighted by molar-refractivity contribution is 0.0571. The van der Waals surface area contributed by atoms with Crippen molar-refractivity contribution in [1.29, 1.82) is 0 Å². The molecular weight excluding hydrogens is 374 g/mol. The molecule has 1 aromatic heterocycles. The molecule has 2 N–H and O–H groups in total. The van der Waals surface area contributed by atoms with Crippen molar-refractivity contribution in [3.8, 4) is 0 Å². The Hall–Kier alpha value is 0.120. The summed E-state index contributed by atoms with van der Waals surface area (Å²) in [6, 6.07) is 2.77. The van der Waals surface area contributed by atoms with Crippen LogP contribution in [0.15, 0.2) is 19.6 Å². The van der Waals surface area contributed by atoms with Crippen molar-refractivity contribution in [2.45, 2.75) is 25.4 Å². The Labute approximate surface area is 131 Å². The number of hydrogen-bond donors (Lipinski definition) is 1. The summed E-state index contributed by atoms with van der Waals surface area (Å²) in [6.07, 6.45) is 1.16. The van der Waals surface area contributed by atoms with E-state index in [1.165, 1.54) is 0 Å². The number of hydrogen-bond acceptors (Lipinski definition) is 4. The Kier molecular flexibility index (Phi) is 5.48. The largest absolute Gasteiger partial charge is 0.451 e. The van der Waals surface area contributed by atoms with Crippen molar-refractivity contribution < 1.29 is 4.42 Å². The fraction of sp³-hybridized carbons (Fsp3) is 0.692. The van der Waals surface area contributed by atoms with E-state index in [4.69, 9.17) is 10.2 Å². The lowest BCUT2D eigenvalue weighted by Gasteiger charge is -2.42. The van der Waals surface area contributed by atoms with E-state index in [2.05, 4.69) is 55.6 Å². The minimum Gasteiger partial charge on any atom is -0.451 e. The zero-order chi connectivity index (χ0) is 14.0. The zero-order valence-corrected chi connectivity index (χ0v) is 14.6. The van der Waals surface area contributed by atoms with E-state index in [0.717, 1.165) is 41.0 Å². The molecular formula is C13H21Br2N3O. The van der Waals surface area contributed by atoms with Crippen molar-refractivity contribution in [3.05, 3.63) is 21.0 Å². The smallest absolute Gasteiger partial charge is 0.183 e. The Morgan fingerprint density at radius 2 is 2.21 bits per heavy atom. The van der Waals surface area contributed by atoms with Crippen LogP contribution in [-0.2, 0) is 0 Å². The third-order valence-corrected chi connectivity index (χ3v) is 5.65. The van der Waals surface area contributed by atoms with Gasteiger partial charge in [0, 0.05) is 32.2 Å². The van der Waals surface area contributed by atoms with Crippen molar-refractivity contribution in [3.63, 3.8) is 0 Å². The van der Waals surface area contributed by atoms with Gasteiger partial charge < -0.3 is 15.1 Å². The lowest BCUT2D eigenvalue weighted by atomic mass is 10.1. The summed E-state index contributed by atoms with van der Waals surface area (Å²) in [5.74, 6) is 0.931. The van der Waals surface area contributed by atoms with E-state index in [-0.39, 0.29) is 6.04 Å². The van der Waals surface area contributed by atoms with Gasteiger partial charge in [0.2, 0.25) is 0 Å². The van der Waals surface area contributed by atoms with Crippen LogP contribution >= 0.6 is 31.9 Å². The SMILES string of the molecule is CCC1CN(C(CN)c2cc(Br)c(Br)o2)CCN1C. The van der Waals surface area contributed by atoms with Crippen molar-refractivity contribution in [2.75, 3.05) is 33.2 Å². The molecule has 0 aromatic carbocycles. The first-order chi connectivity index (χ1) is 9.06. The lowest BCUT2D eigenvalue weighted by Crippen LogP contribution is -2.53. The second-order valence-corrected chi connectivity index (χ2v) is 6.63. The van der Waals surface area contributed by atoms with E-state index in [1.54, 1.807) is 0 Å². The maximum absolute atomic E-state index is 5.97. The van der Waals surface area contributed by atoms with Gasteiger partial charge in [0.1, 0.15) is 5.76 Å². The van der Waals surface area contributed by atoms with Crippen LogP contribution in [0.3, 0.4) is 0 Å². The van der Waals surface area contributed by atoms with Gasteiger partial charge in [0.15, 0.2) is 4.67 Å². The van der Waals surface area contributed by atoms with E-state index >= 15 is 0 Å². The molecule has 2 rings (SSSR count). The molecule has 0 aliphatic carbocycles. The Balaban J connectivity index is 2.13. The Morgan fingerprint density at radius 1 is 1.47 bits per heavy atom. The van der Waals surface area contributed by atoms with Crippen LogP contribution < -0.4 is 5.73 Å². The number of furan rings is 1. The van der Waals surface area contributed by atoms with Crippen LogP contribution in [0.25, 0.3) is 0 Å². The molecule has 1 aliphatic rings. The minimum atomic E-state index is 0.158. The molecule has 0 saturated carbocycles. The van der Waals surface area contributed by atoms with Crippen molar-refractivity contribution in [1.82, 2.24) is 9.80 Å². The van der Waals surface area contributed by atoms with Gasteiger partial charge in [-0.25, -0.2) is 0 Å². The van der Waals surface area contributed by atoms with Crippen molar-refractivity contribution >= 4 is 31.9 Å². The summed E-state index contributed by atoms with van der Waals surface area (Å²) in [6.45, 7) is 5.97. The quantitative estimate of drug-likeness (QED) is 0.852. The topological polar surface area (TPSA) is 45.6 Å². The standard InChI is InChI=1S/C13H21Br2N3O/c1-3-9-8-18(5-4-17(9)2)11(7-16)12-6-10(14)13(15)19-12/h6,9,11H,3-5,7-8,16H2,1-2H3. The van der Waals surface area contributed by atoms with Crippen molar-refractivity contribution in [2.24, 2.45) is 5.73 Å². The molecule has 6 heteroatoms. The van der Waals surface area contributed by atoms with Gasteiger partial charge in [-0.2, -0.15) is 0 Å². The van der Waals surface area contributed by atoms with E-state index in [0.29, 0.717) is 12.6 Å². The highest BCUT2D eigenvalue weighted by molar-refractivity contribution is 9.13. The summed E-state index contributed by atoms with van der Waals surface area (Å²) in [5.41, 5.74) is 5.97. The first-order valence-electron chi connectivity index (χ1n) is 6.65. The Morgan fingerprint density at radius 3 is 2.74 bits per heavy atom. The first-order valence-corrected chi connectivity index (χ1v) is 8.24. The van der Waals surface area contributed by atoms with Crippen LogP contribution in [-0.4, -0.2) is 49.1 Å². The second-order valence-electron chi connectivity index (χ2n) is 5.06. The van der Waals surface area contributed by atoms with E-state index in [9.17, 15) is 0 Å². The van der Waals surface area contributed by atoms with Crippen LogP contribution in [0.2, 0.25) is 0 Å². The summed E-state index contributed by atoms with van der Waals surface area (Å²) in [7, 11) is 2.20. The number of piperazine rings is 1. The van der Waals surface area contributed by atoms with Gasteiger partial charge in [-0.1, -0.05) is 6.92 Å². The molecule has 1 saturated heterocycles. The average molecular weight is 395 g/mol. The Bertz CT molecular complexity index is 405. The van der Waals surface area contributed by atoms with E-state index in [1.807, 2.05) is 6.07 Å². The maximum Gasteiger partial charge on any atom is 0.183 e. The summed E-state index contributed by atoms with van der Waals surface area (Å²) in [5, 5.41) is 0. The first kappa shape index (κ1) is 15.5. The van der Waals surface area contributed by atoms with Gasteiger partial charge in [-0.3, -0.25) is 4.90 Å². The minimum absolute atomic E-state index is 0.158. The third kappa shape index (κ3) is 3.42. The number of likely N-dealkylation sites (N-methyl/N-ethyl adjacent to an activating group) is 1. The number of rotatable bonds is 4. The molecule has 108 valence electrons. The number of nitrogens with zero attached hydrogens (tertiary/aromatic N) is 2. The average Bonchev–Trinajstić information content (AvgIpc) is 2.72. The molecule has 2 atom stereocenters. The van der Waals surface area contributed by atoms with E-state index < -0.39 is 0 Å². The highest BCUT2D eigenvalue weighted by atomic mass is 79.9. The van der Waals surface area contributed by atoms with Gasteiger partial charge in [-0.05, 0) is 51.4 Å². The number of nitrogens with two attached hydrogens (primary N) is 1. The van der Waals surface area contributed by atoms with Gasteiger partial charge >= 0.3 is 0 Å². The molecule has 1 fully saturated rings. The van der Waals surface area contributed by atoms with Crippen LogP contribution in [0.5, 0.6) is 0 Å². The summed E-state index contributed by atoms with van der Waals surface area (Å²) < 4.78 is 7.44. The highest BCUT2D eigenvalue weighted by Gasteiger charge is 2.30. The molecule has 1 aromatic rings. The van der Waals surface area contributed by atoms with Crippen LogP contribution in [0.1, 0.15) is 25.1 Å². The molecule has 19 heavy (non-hydrogen) atoms. The molecule has 0 bridgehead atoms. The molecule has 2 heterocycles. The summed E-state index contributed by atoms with van der Waals surface area (Å²) >= 11 is 6.86. The zero-order valence-electron chi connectivity index (χ0n) is 11.4. The van der Waals surface area contributed by atoms with Crippen LogP contribution in [0, 0.1) is 0 Å². The summed E-state index contributed by atoms with van der Waals surface area (Å²) in [4.78, 5) is 4.87. The monoisotopic (exact) mass is 393 g/mol. The molecule has 1 aliphatic heterocycles. The molecule has 4 nitrogen and oxygen atoms in total. The molecule has 0 spiro atoms.